The maximum atomic E-state index is 11.8. The molecule has 0 aliphatic rings. The van der Waals surface area contributed by atoms with Crippen LogP contribution in [0.25, 0.3) is 0 Å². The van der Waals surface area contributed by atoms with Gasteiger partial charge in [-0.15, -0.1) is 0 Å². The van der Waals surface area contributed by atoms with Crippen LogP contribution in [0.2, 0.25) is 0 Å². The molecule has 0 aromatic heterocycles. The number of anilines is 1. The van der Waals surface area contributed by atoms with Gasteiger partial charge in [0.25, 0.3) is 5.91 Å². The van der Waals surface area contributed by atoms with E-state index in [1.54, 1.807) is 36.4 Å². The van der Waals surface area contributed by atoms with Crippen LogP contribution in [0.5, 0.6) is 5.75 Å². The Morgan fingerprint density at radius 2 is 1.84 bits per heavy atom. The van der Waals surface area contributed by atoms with E-state index >= 15 is 0 Å². The van der Waals surface area contributed by atoms with E-state index in [9.17, 15) is 14.4 Å². The van der Waals surface area contributed by atoms with Crippen LogP contribution in [-0.2, 0) is 9.59 Å². The summed E-state index contributed by atoms with van der Waals surface area (Å²) in [5, 5.41) is 5.12. The highest BCUT2D eigenvalue weighted by Gasteiger charge is 2.10. The maximum absolute atomic E-state index is 11.8. The SMILES string of the molecule is O=Cc1cc(Br)ccc1OCC(=O)NCC(=O)Nc1ccccc1Br. The van der Waals surface area contributed by atoms with Gasteiger partial charge in [0.1, 0.15) is 5.75 Å². The normalized spacial score (nSPS) is 10.0. The van der Waals surface area contributed by atoms with Gasteiger partial charge in [0.05, 0.1) is 17.8 Å². The molecule has 130 valence electrons. The number of carbonyl (C=O) groups excluding carboxylic acids is 3. The Balaban J connectivity index is 1.80. The first kappa shape index (κ1) is 19.1. The summed E-state index contributed by atoms with van der Waals surface area (Å²) in [4.78, 5) is 34.6. The number of para-hydroxylation sites is 1. The fourth-order valence-electron chi connectivity index (χ4n) is 1.87. The third-order valence-corrected chi connectivity index (χ3v) is 4.24. The van der Waals surface area contributed by atoms with Crippen molar-refractivity contribution in [1.29, 1.82) is 0 Å². The van der Waals surface area contributed by atoms with Crippen LogP contribution >= 0.6 is 31.9 Å². The minimum absolute atomic E-state index is 0.190. The molecule has 2 aromatic rings. The van der Waals surface area contributed by atoms with E-state index < -0.39 is 5.91 Å². The average Bonchev–Trinajstić information content (AvgIpc) is 2.60. The number of hydrogen-bond acceptors (Lipinski definition) is 4. The zero-order valence-corrected chi connectivity index (χ0v) is 16.1. The molecule has 0 aliphatic carbocycles. The molecule has 0 aliphatic heterocycles. The summed E-state index contributed by atoms with van der Waals surface area (Å²) in [7, 11) is 0. The Hall–Kier alpha value is -2.19. The first-order chi connectivity index (χ1) is 12.0. The largest absolute Gasteiger partial charge is 0.483 e. The van der Waals surface area contributed by atoms with Gasteiger partial charge in [-0.3, -0.25) is 14.4 Å². The van der Waals surface area contributed by atoms with Crippen molar-refractivity contribution >= 4 is 55.6 Å². The number of aldehydes is 1. The molecule has 2 rings (SSSR count). The van der Waals surface area contributed by atoms with E-state index in [0.717, 1.165) is 8.95 Å². The number of rotatable bonds is 7. The number of ether oxygens (including phenoxy) is 1. The highest BCUT2D eigenvalue weighted by molar-refractivity contribution is 9.10. The van der Waals surface area contributed by atoms with E-state index in [4.69, 9.17) is 4.74 Å². The molecule has 0 spiro atoms. The van der Waals surface area contributed by atoms with Crippen molar-refractivity contribution in [2.45, 2.75) is 0 Å². The van der Waals surface area contributed by atoms with Crippen LogP contribution in [0.4, 0.5) is 5.69 Å². The van der Waals surface area contributed by atoms with Crippen LogP contribution in [0.15, 0.2) is 51.4 Å². The predicted octanol–water partition coefficient (Wildman–Crippen LogP) is 3.16. The molecule has 0 saturated carbocycles. The number of amides is 2. The molecule has 0 bridgehead atoms. The molecular weight excluding hydrogens is 456 g/mol. The number of hydrogen-bond donors (Lipinski definition) is 2. The Kier molecular flexibility index (Phi) is 7.15. The number of benzene rings is 2. The minimum atomic E-state index is -0.470. The van der Waals surface area contributed by atoms with Gasteiger partial charge in [0, 0.05) is 8.95 Å². The van der Waals surface area contributed by atoms with Gasteiger partial charge in [0.15, 0.2) is 12.9 Å². The predicted molar refractivity (Wildman–Crippen MR) is 101 cm³/mol. The third-order valence-electron chi connectivity index (χ3n) is 3.05. The number of nitrogens with one attached hydrogen (secondary N) is 2. The van der Waals surface area contributed by atoms with Gasteiger partial charge in [-0.25, -0.2) is 0 Å². The summed E-state index contributed by atoms with van der Waals surface area (Å²) < 4.78 is 6.79. The molecule has 0 radical (unpaired) electrons. The standard InChI is InChI=1S/C17H14Br2N2O4/c18-12-5-6-15(11(7-12)9-22)25-10-17(24)20-8-16(23)21-14-4-2-1-3-13(14)19/h1-7,9H,8,10H2,(H,20,24)(H,21,23). The molecule has 0 atom stereocenters. The number of carbonyl (C=O) groups is 3. The monoisotopic (exact) mass is 468 g/mol. The lowest BCUT2D eigenvalue weighted by Crippen LogP contribution is -2.35. The van der Waals surface area contributed by atoms with Gasteiger partial charge in [0.2, 0.25) is 5.91 Å². The van der Waals surface area contributed by atoms with Crippen LogP contribution < -0.4 is 15.4 Å². The fraction of sp³-hybridized carbons (Fsp3) is 0.118. The molecule has 0 fully saturated rings. The molecule has 2 N–H and O–H groups in total. The van der Waals surface area contributed by atoms with E-state index in [0.29, 0.717) is 23.3 Å². The highest BCUT2D eigenvalue weighted by Crippen LogP contribution is 2.22. The van der Waals surface area contributed by atoms with Gasteiger partial charge in [-0.2, -0.15) is 0 Å². The zero-order chi connectivity index (χ0) is 18.2. The molecule has 0 heterocycles. The van der Waals surface area contributed by atoms with E-state index in [1.165, 1.54) is 0 Å². The Labute approximate surface area is 161 Å². The molecular formula is C17H14Br2N2O4. The lowest BCUT2D eigenvalue weighted by atomic mass is 10.2. The second-order valence-corrected chi connectivity index (χ2v) is 6.66. The van der Waals surface area contributed by atoms with Crippen molar-refractivity contribution in [2.75, 3.05) is 18.5 Å². The van der Waals surface area contributed by atoms with Crippen LogP contribution in [0.3, 0.4) is 0 Å². The van der Waals surface area contributed by atoms with Crippen LogP contribution in [0.1, 0.15) is 10.4 Å². The molecule has 2 amide bonds. The van der Waals surface area contributed by atoms with E-state index in [2.05, 4.69) is 42.5 Å². The van der Waals surface area contributed by atoms with Crippen molar-refractivity contribution in [3.8, 4) is 5.75 Å². The van der Waals surface area contributed by atoms with Crippen molar-refractivity contribution in [1.82, 2.24) is 5.32 Å². The Morgan fingerprint density at radius 1 is 1.08 bits per heavy atom. The molecule has 25 heavy (non-hydrogen) atoms. The third kappa shape index (κ3) is 5.99. The smallest absolute Gasteiger partial charge is 0.258 e. The maximum Gasteiger partial charge on any atom is 0.258 e. The van der Waals surface area contributed by atoms with Crippen LogP contribution in [0, 0.1) is 0 Å². The summed E-state index contributed by atoms with van der Waals surface area (Å²) in [6.45, 7) is -0.491. The summed E-state index contributed by atoms with van der Waals surface area (Å²) in [6, 6.07) is 12.0. The van der Waals surface area contributed by atoms with Gasteiger partial charge in [-0.1, -0.05) is 28.1 Å². The fourth-order valence-corrected chi connectivity index (χ4v) is 2.64. The quantitative estimate of drug-likeness (QED) is 0.610. The number of halogens is 2. The molecule has 8 heteroatoms. The van der Waals surface area contributed by atoms with Crippen molar-refractivity contribution < 1.29 is 19.1 Å². The second kappa shape index (κ2) is 9.33. The van der Waals surface area contributed by atoms with E-state index in [1.807, 2.05) is 6.07 Å². The molecule has 2 aromatic carbocycles. The highest BCUT2D eigenvalue weighted by atomic mass is 79.9. The van der Waals surface area contributed by atoms with Crippen molar-refractivity contribution in [2.24, 2.45) is 0 Å². The van der Waals surface area contributed by atoms with E-state index in [-0.39, 0.29) is 19.1 Å². The first-order valence-electron chi connectivity index (χ1n) is 7.18. The second-order valence-electron chi connectivity index (χ2n) is 4.89. The lowest BCUT2D eigenvalue weighted by Gasteiger charge is -2.10. The topological polar surface area (TPSA) is 84.5 Å². The molecule has 6 nitrogen and oxygen atoms in total. The summed E-state index contributed by atoms with van der Waals surface area (Å²) in [5.74, 6) is -0.537. The Morgan fingerprint density at radius 3 is 2.56 bits per heavy atom. The Bertz CT molecular complexity index is 796. The minimum Gasteiger partial charge on any atom is -0.483 e. The van der Waals surface area contributed by atoms with Crippen LogP contribution in [-0.4, -0.2) is 31.3 Å². The average molecular weight is 470 g/mol. The zero-order valence-electron chi connectivity index (χ0n) is 12.9. The van der Waals surface area contributed by atoms with Gasteiger partial charge in [-0.05, 0) is 46.3 Å². The summed E-state index contributed by atoms with van der Waals surface area (Å²) >= 11 is 6.57. The van der Waals surface area contributed by atoms with Crippen molar-refractivity contribution in [3.05, 3.63) is 57.0 Å². The molecule has 0 unspecified atom stereocenters. The summed E-state index contributed by atoms with van der Waals surface area (Å²) in [5.41, 5.74) is 0.942. The first-order valence-corrected chi connectivity index (χ1v) is 8.77. The van der Waals surface area contributed by atoms with Gasteiger partial charge < -0.3 is 15.4 Å². The summed E-state index contributed by atoms with van der Waals surface area (Å²) in [6.07, 6.45) is 0.642. The van der Waals surface area contributed by atoms with Gasteiger partial charge >= 0.3 is 0 Å². The van der Waals surface area contributed by atoms with Crippen molar-refractivity contribution in [3.63, 3.8) is 0 Å². The molecule has 0 saturated heterocycles. The lowest BCUT2D eigenvalue weighted by molar-refractivity contribution is -0.125.